The Morgan fingerprint density at radius 1 is 1.15 bits per heavy atom. The molecule has 0 spiro atoms. The van der Waals surface area contributed by atoms with E-state index >= 15 is 0 Å². The molecule has 4 rings (SSSR count). The molecule has 0 amide bonds. The summed E-state index contributed by atoms with van der Waals surface area (Å²) in [6.07, 6.45) is 0. The molecule has 0 atom stereocenters. The minimum atomic E-state index is -0.811. The van der Waals surface area contributed by atoms with Crippen LogP contribution in [0.15, 0.2) is 78.4 Å². The van der Waals surface area contributed by atoms with Crippen molar-refractivity contribution in [2.75, 3.05) is 12.4 Å². The zero-order valence-corrected chi connectivity index (χ0v) is 18.6. The van der Waals surface area contributed by atoms with Crippen LogP contribution in [0.2, 0.25) is 0 Å². The first-order valence-electron chi connectivity index (χ1n) is 9.99. The average molecular weight is 466 g/mol. The van der Waals surface area contributed by atoms with Crippen LogP contribution in [0.1, 0.15) is 18.1 Å². The Bertz CT molecular complexity index is 1480. The molecule has 7 nitrogen and oxygen atoms in total. The molecule has 2 heterocycles. The molecule has 33 heavy (non-hydrogen) atoms. The Balaban J connectivity index is 2.02. The van der Waals surface area contributed by atoms with Crippen molar-refractivity contribution >= 4 is 34.3 Å². The molecule has 0 saturated heterocycles. The second-order valence-corrected chi connectivity index (χ2v) is 8.39. The topological polar surface area (TPSA) is 108 Å². The summed E-state index contributed by atoms with van der Waals surface area (Å²) < 4.78 is 20.2. The van der Waals surface area contributed by atoms with Crippen molar-refractivity contribution in [3.8, 4) is 5.75 Å². The van der Waals surface area contributed by atoms with E-state index in [0.29, 0.717) is 10.5 Å². The van der Waals surface area contributed by atoms with Crippen LogP contribution < -0.4 is 16.5 Å². The first-order valence-corrected chi connectivity index (χ1v) is 10.8. The van der Waals surface area contributed by atoms with E-state index in [0.717, 1.165) is 11.8 Å². The van der Waals surface area contributed by atoms with Crippen LogP contribution in [0.25, 0.3) is 11.0 Å². The van der Waals surface area contributed by atoms with Gasteiger partial charge in [0, 0.05) is 17.7 Å². The summed E-state index contributed by atoms with van der Waals surface area (Å²) >= 11 is 0.985. The van der Waals surface area contributed by atoms with Gasteiger partial charge in [-0.2, -0.15) is 0 Å². The number of fused-ring (bicyclic) bond motifs is 1. The molecule has 0 bridgehead atoms. The number of aromatic hydroxyl groups is 1. The minimum absolute atomic E-state index is 0.0308. The van der Waals surface area contributed by atoms with Crippen molar-refractivity contribution in [3.05, 3.63) is 92.3 Å². The Morgan fingerprint density at radius 3 is 2.42 bits per heavy atom. The zero-order valence-electron chi connectivity index (χ0n) is 17.8. The molecule has 0 saturated carbocycles. The highest BCUT2D eigenvalue weighted by Gasteiger charge is 2.26. The SMILES string of the molecule is CNc1c(C(C)=N)c2oc(=O)c(Sc3ccccc3)c(O)c2c(=O)n1Cc1ccc(F)cc1. The van der Waals surface area contributed by atoms with E-state index in [1.165, 1.54) is 23.6 Å². The van der Waals surface area contributed by atoms with Gasteiger partial charge in [-0.3, -0.25) is 9.36 Å². The smallest absolute Gasteiger partial charge is 0.354 e. The first kappa shape index (κ1) is 22.3. The van der Waals surface area contributed by atoms with Crippen LogP contribution in [0, 0.1) is 11.2 Å². The van der Waals surface area contributed by atoms with Crippen LogP contribution in [0.3, 0.4) is 0 Å². The van der Waals surface area contributed by atoms with Gasteiger partial charge in [-0.05, 0) is 36.8 Å². The third kappa shape index (κ3) is 4.14. The molecule has 0 unspecified atom stereocenters. The molecule has 4 aromatic rings. The number of hydrogen-bond donors (Lipinski definition) is 3. The maximum absolute atomic E-state index is 13.5. The highest BCUT2D eigenvalue weighted by molar-refractivity contribution is 7.99. The normalized spacial score (nSPS) is 11.0. The van der Waals surface area contributed by atoms with Gasteiger partial charge in [-0.25, -0.2) is 9.18 Å². The van der Waals surface area contributed by atoms with Crippen LogP contribution in [-0.2, 0) is 6.54 Å². The fourth-order valence-corrected chi connectivity index (χ4v) is 4.44. The van der Waals surface area contributed by atoms with Gasteiger partial charge in [-0.15, -0.1) is 0 Å². The molecule has 0 aliphatic heterocycles. The third-order valence-electron chi connectivity index (χ3n) is 5.08. The van der Waals surface area contributed by atoms with Gasteiger partial charge >= 0.3 is 5.63 Å². The molecule has 0 radical (unpaired) electrons. The highest BCUT2D eigenvalue weighted by Crippen LogP contribution is 2.37. The van der Waals surface area contributed by atoms with Gasteiger partial charge in [0.15, 0.2) is 11.3 Å². The number of anilines is 1. The quantitative estimate of drug-likeness (QED) is 0.364. The maximum atomic E-state index is 13.5. The summed E-state index contributed by atoms with van der Waals surface area (Å²) in [5.41, 5.74) is -0.735. The summed E-state index contributed by atoms with van der Waals surface area (Å²) in [5, 5.41) is 22.0. The number of halogens is 1. The first-order chi connectivity index (χ1) is 15.8. The molecular weight excluding hydrogens is 445 g/mol. The second-order valence-electron chi connectivity index (χ2n) is 7.30. The second kappa shape index (κ2) is 8.95. The summed E-state index contributed by atoms with van der Waals surface area (Å²) in [6, 6.07) is 14.6. The van der Waals surface area contributed by atoms with E-state index in [9.17, 15) is 19.1 Å². The number of hydrogen-bond acceptors (Lipinski definition) is 7. The van der Waals surface area contributed by atoms with Crippen molar-refractivity contribution in [2.45, 2.75) is 23.3 Å². The predicted octanol–water partition coefficient (Wildman–Crippen LogP) is 4.43. The number of aromatic nitrogens is 1. The van der Waals surface area contributed by atoms with E-state index in [1.807, 2.05) is 6.07 Å². The average Bonchev–Trinajstić information content (AvgIpc) is 2.79. The lowest BCUT2D eigenvalue weighted by Gasteiger charge is -2.19. The lowest BCUT2D eigenvalue weighted by Crippen LogP contribution is -2.27. The van der Waals surface area contributed by atoms with E-state index in [-0.39, 0.29) is 39.5 Å². The summed E-state index contributed by atoms with van der Waals surface area (Å²) in [4.78, 5) is 26.9. The van der Waals surface area contributed by atoms with Gasteiger partial charge in [-0.1, -0.05) is 42.1 Å². The van der Waals surface area contributed by atoms with Gasteiger partial charge in [0.2, 0.25) is 0 Å². The van der Waals surface area contributed by atoms with Crippen molar-refractivity contribution in [3.63, 3.8) is 0 Å². The predicted molar refractivity (Wildman–Crippen MR) is 127 cm³/mol. The Kier molecular flexibility index (Phi) is 6.06. The molecular formula is C24H20FN3O4S. The zero-order chi connectivity index (χ0) is 23.7. The Morgan fingerprint density at radius 2 is 1.82 bits per heavy atom. The standard InChI is InChI=1S/C24H20FN3O4S/c1-13(26)17-20-18(19(29)21(24(31)32-20)33-16-6-4-3-5-7-16)23(30)28(22(17)27-2)12-14-8-10-15(25)11-9-14/h3-11,26-27,29H,12H2,1-2H3. The van der Waals surface area contributed by atoms with Crippen molar-refractivity contribution in [1.82, 2.24) is 4.57 Å². The van der Waals surface area contributed by atoms with Crippen LogP contribution in [0.4, 0.5) is 10.2 Å². The minimum Gasteiger partial charge on any atom is -0.505 e. The number of rotatable bonds is 6. The van der Waals surface area contributed by atoms with Gasteiger partial charge in [0.05, 0.1) is 12.1 Å². The van der Waals surface area contributed by atoms with Crippen molar-refractivity contribution in [1.29, 1.82) is 5.41 Å². The highest BCUT2D eigenvalue weighted by atomic mass is 32.2. The van der Waals surface area contributed by atoms with Crippen molar-refractivity contribution in [2.24, 2.45) is 0 Å². The van der Waals surface area contributed by atoms with E-state index in [4.69, 9.17) is 9.83 Å². The van der Waals surface area contributed by atoms with E-state index < -0.39 is 22.8 Å². The number of nitrogens with zero attached hydrogens (tertiary/aromatic N) is 1. The van der Waals surface area contributed by atoms with Gasteiger partial charge in [0.25, 0.3) is 5.56 Å². The van der Waals surface area contributed by atoms with Crippen LogP contribution >= 0.6 is 11.8 Å². The van der Waals surface area contributed by atoms with E-state index in [1.54, 1.807) is 43.4 Å². The lowest BCUT2D eigenvalue weighted by molar-refractivity contribution is 0.445. The molecule has 9 heteroatoms. The number of nitrogens with one attached hydrogen (secondary N) is 2. The maximum Gasteiger partial charge on any atom is 0.354 e. The lowest BCUT2D eigenvalue weighted by atomic mass is 10.1. The molecule has 0 fully saturated rings. The molecule has 3 N–H and O–H groups in total. The molecule has 2 aromatic heterocycles. The number of benzene rings is 2. The Hall–Kier alpha value is -3.85. The van der Waals surface area contributed by atoms with Gasteiger partial charge < -0.3 is 20.2 Å². The van der Waals surface area contributed by atoms with Gasteiger partial charge in [0.1, 0.15) is 21.9 Å². The fraction of sp³-hybridized carbons (Fsp3) is 0.125. The van der Waals surface area contributed by atoms with Crippen LogP contribution in [0.5, 0.6) is 5.75 Å². The largest absolute Gasteiger partial charge is 0.505 e. The Labute approximate surface area is 192 Å². The summed E-state index contributed by atoms with van der Waals surface area (Å²) in [7, 11) is 1.58. The van der Waals surface area contributed by atoms with Crippen molar-refractivity contribution < 1.29 is 13.9 Å². The van der Waals surface area contributed by atoms with E-state index in [2.05, 4.69) is 5.32 Å². The molecule has 0 aliphatic rings. The monoisotopic (exact) mass is 465 g/mol. The third-order valence-corrected chi connectivity index (χ3v) is 6.15. The summed E-state index contributed by atoms with van der Waals surface area (Å²) in [6.45, 7) is 1.54. The molecule has 0 aliphatic carbocycles. The number of pyridine rings is 1. The molecule has 168 valence electrons. The summed E-state index contributed by atoms with van der Waals surface area (Å²) in [5.74, 6) is -0.662. The molecule has 2 aromatic carbocycles. The fourth-order valence-electron chi connectivity index (χ4n) is 3.59. The van der Waals surface area contributed by atoms with Crippen LogP contribution in [-0.4, -0.2) is 22.4 Å².